The Bertz CT molecular complexity index is 607. The van der Waals surface area contributed by atoms with Gasteiger partial charge in [0.2, 0.25) is 0 Å². The molecule has 0 bridgehead atoms. The zero-order chi connectivity index (χ0) is 12.7. The van der Waals surface area contributed by atoms with Gasteiger partial charge in [-0.2, -0.15) is 0 Å². The summed E-state index contributed by atoms with van der Waals surface area (Å²) in [5.74, 6) is 0. The number of pyridine rings is 1. The summed E-state index contributed by atoms with van der Waals surface area (Å²) in [5, 5.41) is 14.6. The molecule has 1 aliphatic carbocycles. The first-order valence-electron chi connectivity index (χ1n) is 6.49. The molecule has 1 aromatic carbocycles. The van der Waals surface area contributed by atoms with E-state index in [9.17, 15) is 5.11 Å². The van der Waals surface area contributed by atoms with E-state index in [2.05, 4.69) is 30.4 Å². The number of hydrogen-bond donors (Lipinski definition) is 2. The van der Waals surface area contributed by atoms with Crippen LogP contribution in [0.5, 0.6) is 0 Å². The third-order valence-electron chi connectivity index (χ3n) is 3.73. The van der Waals surface area contributed by atoms with Crippen LogP contribution in [0.3, 0.4) is 0 Å². The van der Waals surface area contributed by atoms with Gasteiger partial charge in [0, 0.05) is 23.7 Å². The molecule has 1 aromatic heterocycles. The molecular formula is C15H18N2O. The minimum atomic E-state index is -0.381. The Morgan fingerprint density at radius 2 is 2.22 bits per heavy atom. The fourth-order valence-electron chi connectivity index (χ4n) is 2.87. The highest BCUT2D eigenvalue weighted by Gasteiger charge is 2.24. The molecule has 1 aliphatic rings. The maximum absolute atomic E-state index is 10.2. The van der Waals surface area contributed by atoms with Crippen molar-refractivity contribution in [2.45, 2.75) is 32.3 Å². The molecule has 0 saturated heterocycles. The molecule has 3 nitrogen and oxygen atoms in total. The van der Waals surface area contributed by atoms with Crippen molar-refractivity contribution < 1.29 is 5.11 Å². The topological polar surface area (TPSA) is 45.2 Å². The van der Waals surface area contributed by atoms with Crippen LogP contribution in [0, 0.1) is 6.92 Å². The van der Waals surface area contributed by atoms with Crippen LogP contribution >= 0.6 is 0 Å². The second kappa shape index (κ2) is 4.25. The molecule has 0 radical (unpaired) electrons. The Balaban J connectivity index is 2.37. The van der Waals surface area contributed by atoms with Crippen LogP contribution in [0.2, 0.25) is 0 Å². The summed E-state index contributed by atoms with van der Waals surface area (Å²) in [6, 6.07) is 6.28. The molecule has 3 heteroatoms. The average Bonchev–Trinajstić information content (AvgIpc) is 2.37. The number of benzene rings is 1. The van der Waals surface area contributed by atoms with E-state index in [0.29, 0.717) is 0 Å². The first kappa shape index (κ1) is 11.5. The van der Waals surface area contributed by atoms with E-state index in [4.69, 9.17) is 4.98 Å². The summed E-state index contributed by atoms with van der Waals surface area (Å²) < 4.78 is 0. The van der Waals surface area contributed by atoms with Gasteiger partial charge in [0.05, 0.1) is 17.3 Å². The van der Waals surface area contributed by atoms with Crippen molar-refractivity contribution in [2.75, 3.05) is 12.4 Å². The SMILES string of the molecule is CNc1c2c(nc3ccc(C)cc13)CCCC2O. The minimum Gasteiger partial charge on any atom is -0.388 e. The number of aliphatic hydroxyl groups is 1. The summed E-state index contributed by atoms with van der Waals surface area (Å²) in [4.78, 5) is 4.72. The number of rotatable bonds is 1. The molecule has 18 heavy (non-hydrogen) atoms. The lowest BCUT2D eigenvalue weighted by molar-refractivity contribution is 0.156. The first-order valence-corrected chi connectivity index (χ1v) is 6.49. The number of nitrogens with zero attached hydrogens (tertiary/aromatic N) is 1. The molecule has 3 rings (SSSR count). The standard InChI is InChI=1S/C15H18N2O/c1-9-6-7-11-10(8-9)15(16-2)14-12(17-11)4-3-5-13(14)18/h6-8,13,18H,3-5H2,1-2H3,(H,16,17). The van der Waals surface area contributed by atoms with Crippen molar-refractivity contribution >= 4 is 16.6 Å². The monoisotopic (exact) mass is 242 g/mol. The fraction of sp³-hybridized carbons (Fsp3) is 0.400. The van der Waals surface area contributed by atoms with Gasteiger partial charge in [-0.25, -0.2) is 0 Å². The molecular weight excluding hydrogens is 224 g/mol. The normalized spacial score (nSPS) is 18.7. The molecule has 0 spiro atoms. The van der Waals surface area contributed by atoms with E-state index < -0.39 is 0 Å². The van der Waals surface area contributed by atoms with Crippen LogP contribution in [0.15, 0.2) is 18.2 Å². The number of aliphatic hydroxyl groups excluding tert-OH is 1. The maximum atomic E-state index is 10.2. The molecule has 0 amide bonds. The van der Waals surface area contributed by atoms with Gasteiger partial charge >= 0.3 is 0 Å². The highest BCUT2D eigenvalue weighted by molar-refractivity contribution is 5.94. The molecule has 0 saturated carbocycles. The second-order valence-electron chi connectivity index (χ2n) is 5.03. The highest BCUT2D eigenvalue weighted by atomic mass is 16.3. The largest absolute Gasteiger partial charge is 0.388 e. The van der Waals surface area contributed by atoms with Gasteiger partial charge in [-0.1, -0.05) is 11.6 Å². The Kier molecular flexibility index (Phi) is 2.71. The molecule has 1 heterocycles. The predicted octanol–water partition coefficient (Wildman–Crippen LogP) is 2.95. The Morgan fingerprint density at radius 1 is 1.39 bits per heavy atom. The summed E-state index contributed by atoms with van der Waals surface area (Å²) >= 11 is 0. The van der Waals surface area contributed by atoms with Gasteiger partial charge in [0.1, 0.15) is 0 Å². The Hall–Kier alpha value is -1.61. The van der Waals surface area contributed by atoms with Crippen LogP contribution in [-0.4, -0.2) is 17.1 Å². The first-order chi connectivity index (χ1) is 8.70. The van der Waals surface area contributed by atoms with Crippen LogP contribution in [0.25, 0.3) is 10.9 Å². The average molecular weight is 242 g/mol. The van der Waals surface area contributed by atoms with Crippen molar-refractivity contribution in [1.29, 1.82) is 0 Å². The van der Waals surface area contributed by atoms with Gasteiger partial charge < -0.3 is 10.4 Å². The number of hydrogen-bond acceptors (Lipinski definition) is 3. The zero-order valence-corrected chi connectivity index (χ0v) is 10.8. The van der Waals surface area contributed by atoms with Gasteiger partial charge in [-0.05, 0) is 38.3 Å². The summed E-state index contributed by atoms with van der Waals surface area (Å²) in [6.45, 7) is 2.08. The highest BCUT2D eigenvalue weighted by Crippen LogP contribution is 2.38. The molecule has 1 atom stereocenters. The second-order valence-corrected chi connectivity index (χ2v) is 5.03. The summed E-state index contributed by atoms with van der Waals surface area (Å²) in [5.41, 5.74) is 5.33. The fourth-order valence-corrected chi connectivity index (χ4v) is 2.87. The molecule has 0 fully saturated rings. The van der Waals surface area contributed by atoms with E-state index in [1.807, 2.05) is 7.05 Å². The van der Waals surface area contributed by atoms with Gasteiger partial charge in [0.15, 0.2) is 0 Å². The molecule has 2 N–H and O–H groups in total. The van der Waals surface area contributed by atoms with E-state index in [1.165, 1.54) is 5.56 Å². The zero-order valence-electron chi connectivity index (χ0n) is 10.8. The lowest BCUT2D eigenvalue weighted by atomic mass is 9.90. The van der Waals surface area contributed by atoms with Gasteiger partial charge in [-0.3, -0.25) is 4.98 Å². The van der Waals surface area contributed by atoms with E-state index in [1.54, 1.807) is 0 Å². The number of nitrogens with one attached hydrogen (secondary N) is 1. The van der Waals surface area contributed by atoms with Crippen molar-refractivity contribution in [3.05, 3.63) is 35.0 Å². The smallest absolute Gasteiger partial charge is 0.0828 e. The van der Waals surface area contributed by atoms with E-state index in [-0.39, 0.29) is 6.10 Å². The Labute approximate surface area is 107 Å². The van der Waals surface area contributed by atoms with Crippen molar-refractivity contribution in [3.8, 4) is 0 Å². The molecule has 2 aromatic rings. The molecule has 94 valence electrons. The maximum Gasteiger partial charge on any atom is 0.0828 e. The van der Waals surface area contributed by atoms with Crippen LogP contribution in [0.4, 0.5) is 5.69 Å². The van der Waals surface area contributed by atoms with Gasteiger partial charge in [0.25, 0.3) is 0 Å². The number of aromatic nitrogens is 1. The molecule has 1 unspecified atom stereocenters. The van der Waals surface area contributed by atoms with Crippen LogP contribution in [0.1, 0.15) is 35.8 Å². The van der Waals surface area contributed by atoms with E-state index >= 15 is 0 Å². The van der Waals surface area contributed by atoms with Crippen molar-refractivity contribution in [3.63, 3.8) is 0 Å². The minimum absolute atomic E-state index is 0.381. The Morgan fingerprint density at radius 3 is 3.00 bits per heavy atom. The lowest BCUT2D eigenvalue weighted by Crippen LogP contribution is -2.14. The third kappa shape index (κ3) is 1.66. The number of anilines is 1. The van der Waals surface area contributed by atoms with Crippen LogP contribution in [-0.2, 0) is 6.42 Å². The number of aryl methyl sites for hydroxylation is 2. The lowest BCUT2D eigenvalue weighted by Gasteiger charge is -2.24. The summed E-state index contributed by atoms with van der Waals surface area (Å²) in [7, 11) is 1.92. The molecule has 0 aliphatic heterocycles. The third-order valence-corrected chi connectivity index (χ3v) is 3.73. The van der Waals surface area contributed by atoms with Crippen molar-refractivity contribution in [2.24, 2.45) is 0 Å². The predicted molar refractivity (Wildman–Crippen MR) is 73.9 cm³/mol. The van der Waals surface area contributed by atoms with Crippen molar-refractivity contribution in [1.82, 2.24) is 4.98 Å². The van der Waals surface area contributed by atoms with Gasteiger partial charge in [-0.15, -0.1) is 0 Å². The number of fused-ring (bicyclic) bond motifs is 2. The summed E-state index contributed by atoms with van der Waals surface area (Å²) in [6.07, 6.45) is 2.43. The van der Waals surface area contributed by atoms with Crippen LogP contribution < -0.4 is 5.32 Å². The van der Waals surface area contributed by atoms with E-state index in [0.717, 1.165) is 47.1 Å². The quantitative estimate of drug-likeness (QED) is 0.808.